The molecular weight excluding hydrogens is 390 g/mol. The Kier molecular flexibility index (Phi) is 5.34. The van der Waals surface area contributed by atoms with Gasteiger partial charge in [0, 0.05) is 31.4 Å². The quantitative estimate of drug-likeness (QED) is 0.695. The third-order valence-corrected chi connectivity index (χ3v) is 6.42. The van der Waals surface area contributed by atoms with Gasteiger partial charge in [-0.25, -0.2) is 9.78 Å². The summed E-state index contributed by atoms with van der Waals surface area (Å²) in [7, 11) is 2.16. The third-order valence-electron chi connectivity index (χ3n) is 6.42. The molecule has 0 spiro atoms. The lowest BCUT2D eigenvalue weighted by molar-refractivity contribution is -0.0275. The summed E-state index contributed by atoms with van der Waals surface area (Å²) < 4.78 is 8.93. The maximum absolute atomic E-state index is 11.2. The van der Waals surface area contributed by atoms with Crippen molar-refractivity contribution in [2.75, 3.05) is 20.1 Å². The van der Waals surface area contributed by atoms with Crippen molar-refractivity contribution in [3.63, 3.8) is 0 Å². The molecule has 0 amide bonds. The zero-order valence-corrected chi connectivity index (χ0v) is 17.7. The minimum Gasteiger partial charge on any atom is -0.478 e. The van der Waals surface area contributed by atoms with Gasteiger partial charge in [0.2, 0.25) is 0 Å². The fraction of sp³-hybridized carbons (Fsp3) is 0.360. The Morgan fingerprint density at radius 2 is 1.81 bits per heavy atom. The lowest BCUT2D eigenvalue weighted by Crippen LogP contribution is -2.35. The molecule has 2 aliphatic heterocycles. The molecule has 1 saturated heterocycles. The molecule has 1 aromatic heterocycles. The zero-order chi connectivity index (χ0) is 21.4. The minimum absolute atomic E-state index is 0.195. The number of hydrogen-bond acceptors (Lipinski definition) is 4. The number of carboxylic acids is 1. The standard InChI is InChI=1S/C25H27N3O3/c1-27-13-11-20(12-14-27)31-23-21-5-3-2-4-17(21)10-15-28-16-22(26-24(23)28)18-6-8-19(9-7-18)25(29)30/h2-9,16,20,23H,10-15H2,1H3,(H,29,30). The van der Waals surface area contributed by atoms with E-state index in [4.69, 9.17) is 9.72 Å². The molecule has 2 aromatic carbocycles. The second kappa shape index (κ2) is 8.29. The van der Waals surface area contributed by atoms with Crippen LogP contribution in [0.1, 0.15) is 46.3 Å². The van der Waals surface area contributed by atoms with Crippen LogP contribution in [0.25, 0.3) is 11.3 Å². The van der Waals surface area contributed by atoms with Crippen molar-refractivity contribution in [3.8, 4) is 11.3 Å². The Balaban J connectivity index is 1.50. The van der Waals surface area contributed by atoms with Crippen molar-refractivity contribution < 1.29 is 14.6 Å². The molecule has 3 heterocycles. The number of imidazole rings is 1. The number of fused-ring (bicyclic) bond motifs is 2. The first kappa shape index (κ1) is 20.0. The minimum atomic E-state index is -0.921. The van der Waals surface area contributed by atoms with Gasteiger partial charge in [0.25, 0.3) is 0 Å². The van der Waals surface area contributed by atoms with Crippen molar-refractivity contribution in [2.45, 2.75) is 38.0 Å². The number of piperidine rings is 1. The van der Waals surface area contributed by atoms with E-state index in [-0.39, 0.29) is 17.8 Å². The predicted molar refractivity (Wildman–Crippen MR) is 118 cm³/mol. The normalized spacial score (nSPS) is 19.5. The lowest BCUT2D eigenvalue weighted by Gasteiger charge is -2.32. The molecule has 1 fully saturated rings. The van der Waals surface area contributed by atoms with Crippen LogP contribution >= 0.6 is 0 Å². The highest BCUT2D eigenvalue weighted by molar-refractivity contribution is 5.88. The Morgan fingerprint density at radius 1 is 1.06 bits per heavy atom. The summed E-state index contributed by atoms with van der Waals surface area (Å²) in [6, 6.07) is 15.4. The molecule has 0 saturated carbocycles. The van der Waals surface area contributed by atoms with Crippen LogP contribution in [-0.4, -0.2) is 51.8 Å². The number of carboxylic acid groups (broad SMARTS) is 1. The van der Waals surface area contributed by atoms with E-state index >= 15 is 0 Å². The van der Waals surface area contributed by atoms with Crippen LogP contribution < -0.4 is 0 Å². The van der Waals surface area contributed by atoms with Gasteiger partial charge in [-0.15, -0.1) is 0 Å². The largest absolute Gasteiger partial charge is 0.478 e. The maximum Gasteiger partial charge on any atom is 0.335 e. The van der Waals surface area contributed by atoms with Gasteiger partial charge in [-0.1, -0.05) is 36.4 Å². The van der Waals surface area contributed by atoms with Gasteiger partial charge in [0.05, 0.1) is 17.4 Å². The summed E-state index contributed by atoms with van der Waals surface area (Å²) in [5.41, 5.74) is 4.57. The van der Waals surface area contributed by atoms with Crippen LogP contribution in [0, 0.1) is 0 Å². The summed E-state index contributed by atoms with van der Waals surface area (Å²) in [6.07, 6.45) is 5.08. The summed E-state index contributed by atoms with van der Waals surface area (Å²) >= 11 is 0. The number of nitrogens with zero attached hydrogens (tertiary/aromatic N) is 3. The smallest absolute Gasteiger partial charge is 0.335 e. The van der Waals surface area contributed by atoms with Crippen LogP contribution in [0.15, 0.2) is 54.7 Å². The van der Waals surface area contributed by atoms with E-state index in [2.05, 4.69) is 47.0 Å². The van der Waals surface area contributed by atoms with Gasteiger partial charge in [0.15, 0.2) is 0 Å². The van der Waals surface area contributed by atoms with Crippen molar-refractivity contribution >= 4 is 5.97 Å². The molecule has 0 radical (unpaired) electrons. The predicted octanol–water partition coefficient (Wildman–Crippen LogP) is 4.00. The Hall–Kier alpha value is -2.96. The first-order valence-electron chi connectivity index (χ1n) is 10.9. The van der Waals surface area contributed by atoms with Crippen LogP contribution in [0.3, 0.4) is 0 Å². The number of ether oxygens (including phenoxy) is 1. The third kappa shape index (κ3) is 4.01. The fourth-order valence-corrected chi connectivity index (χ4v) is 4.59. The molecule has 3 aromatic rings. The summed E-state index contributed by atoms with van der Waals surface area (Å²) in [6.45, 7) is 2.95. The Bertz CT molecular complexity index is 1080. The average molecular weight is 418 g/mol. The zero-order valence-electron chi connectivity index (χ0n) is 17.7. The summed E-state index contributed by atoms with van der Waals surface area (Å²) in [5.74, 6) is 0.0107. The van der Waals surface area contributed by atoms with E-state index in [0.717, 1.165) is 56.0 Å². The van der Waals surface area contributed by atoms with Crippen molar-refractivity contribution in [1.82, 2.24) is 14.5 Å². The molecule has 5 rings (SSSR count). The molecular formula is C25H27N3O3. The molecule has 6 heteroatoms. The number of carbonyl (C=O) groups is 1. The van der Waals surface area contributed by atoms with Gasteiger partial charge >= 0.3 is 5.97 Å². The Labute approximate surface area is 182 Å². The number of benzene rings is 2. The van der Waals surface area contributed by atoms with E-state index in [1.807, 2.05) is 12.1 Å². The average Bonchev–Trinajstić information content (AvgIpc) is 3.16. The van der Waals surface area contributed by atoms with E-state index in [9.17, 15) is 9.90 Å². The fourth-order valence-electron chi connectivity index (χ4n) is 4.59. The topological polar surface area (TPSA) is 67.6 Å². The van der Waals surface area contributed by atoms with Gasteiger partial charge < -0.3 is 19.3 Å². The van der Waals surface area contributed by atoms with Gasteiger partial charge in [-0.2, -0.15) is 0 Å². The van der Waals surface area contributed by atoms with Crippen LogP contribution in [0.5, 0.6) is 0 Å². The number of hydrogen-bond donors (Lipinski definition) is 1. The number of aromatic nitrogens is 2. The molecule has 1 N–H and O–H groups in total. The highest BCUT2D eigenvalue weighted by Gasteiger charge is 2.30. The monoisotopic (exact) mass is 417 g/mol. The summed E-state index contributed by atoms with van der Waals surface area (Å²) in [4.78, 5) is 18.5. The van der Waals surface area contributed by atoms with Crippen LogP contribution in [0.2, 0.25) is 0 Å². The molecule has 1 unspecified atom stereocenters. The lowest BCUT2D eigenvalue weighted by atomic mass is 10.00. The second-order valence-corrected chi connectivity index (χ2v) is 8.53. The Morgan fingerprint density at radius 3 is 2.55 bits per heavy atom. The van der Waals surface area contributed by atoms with E-state index in [1.54, 1.807) is 12.1 Å². The number of rotatable bonds is 4. The van der Waals surface area contributed by atoms with Crippen LogP contribution in [-0.2, 0) is 17.7 Å². The van der Waals surface area contributed by atoms with E-state index in [1.165, 1.54) is 11.1 Å². The van der Waals surface area contributed by atoms with Gasteiger partial charge in [0.1, 0.15) is 11.9 Å². The highest BCUT2D eigenvalue weighted by atomic mass is 16.5. The van der Waals surface area contributed by atoms with Crippen molar-refractivity contribution in [2.24, 2.45) is 0 Å². The molecule has 2 aliphatic rings. The molecule has 0 bridgehead atoms. The second-order valence-electron chi connectivity index (χ2n) is 8.53. The first-order valence-corrected chi connectivity index (χ1v) is 10.9. The van der Waals surface area contributed by atoms with Gasteiger partial charge in [-0.05, 0) is 49.6 Å². The SMILES string of the molecule is CN1CCC(OC2c3ccccc3CCn3cc(-c4ccc(C(=O)O)cc4)nc32)CC1. The molecule has 6 nitrogen and oxygen atoms in total. The summed E-state index contributed by atoms with van der Waals surface area (Å²) in [5, 5.41) is 9.17. The van der Waals surface area contributed by atoms with E-state index < -0.39 is 5.97 Å². The maximum atomic E-state index is 11.2. The first-order chi connectivity index (χ1) is 15.1. The highest BCUT2D eigenvalue weighted by Crippen LogP contribution is 2.35. The number of aryl methyl sites for hydroxylation is 2. The number of likely N-dealkylation sites (tertiary alicyclic amines) is 1. The van der Waals surface area contributed by atoms with Crippen molar-refractivity contribution in [3.05, 3.63) is 77.2 Å². The molecule has 160 valence electrons. The van der Waals surface area contributed by atoms with E-state index in [0.29, 0.717) is 0 Å². The van der Waals surface area contributed by atoms with Gasteiger partial charge in [-0.3, -0.25) is 0 Å². The molecule has 1 atom stereocenters. The van der Waals surface area contributed by atoms with Crippen molar-refractivity contribution in [1.29, 1.82) is 0 Å². The molecule has 31 heavy (non-hydrogen) atoms. The van der Waals surface area contributed by atoms with Crippen LogP contribution in [0.4, 0.5) is 0 Å². The number of aromatic carboxylic acids is 1. The molecule has 0 aliphatic carbocycles.